The number of pyridine rings is 1. The van der Waals surface area contributed by atoms with E-state index in [1.54, 1.807) is 26.2 Å². The molecule has 2 heterocycles. The van der Waals surface area contributed by atoms with Gasteiger partial charge in [0.05, 0.1) is 5.56 Å². The molecular weight excluding hydrogens is 316 g/mol. The Kier molecular flexibility index (Phi) is 4.70. The summed E-state index contributed by atoms with van der Waals surface area (Å²) < 4.78 is 0. The maximum atomic E-state index is 12.8. The highest BCUT2D eigenvalue weighted by atomic mass is 16.2. The minimum Gasteiger partial charge on any atom is -0.358 e. The highest BCUT2D eigenvalue weighted by molar-refractivity contribution is 6.01. The summed E-state index contributed by atoms with van der Waals surface area (Å²) in [6.45, 7) is 2.04. The van der Waals surface area contributed by atoms with E-state index in [-0.39, 0.29) is 23.9 Å². The van der Waals surface area contributed by atoms with Crippen LogP contribution in [-0.4, -0.2) is 47.9 Å². The number of hydrogen-bond donors (Lipinski definition) is 1. The normalized spacial score (nSPS) is 19.8. The van der Waals surface area contributed by atoms with Crippen molar-refractivity contribution in [1.82, 2.24) is 9.88 Å². The summed E-state index contributed by atoms with van der Waals surface area (Å²) >= 11 is 0. The maximum absolute atomic E-state index is 12.8. The molecule has 0 saturated carbocycles. The number of nitrogens with one attached hydrogen (secondary N) is 1. The zero-order valence-corrected chi connectivity index (χ0v) is 14.6. The third-order valence-corrected chi connectivity index (χ3v) is 4.33. The number of para-hydroxylation sites is 1. The van der Waals surface area contributed by atoms with E-state index in [0.29, 0.717) is 17.8 Å². The number of benzene rings is 1. The van der Waals surface area contributed by atoms with Crippen LogP contribution >= 0.6 is 0 Å². The predicted octanol–water partition coefficient (Wildman–Crippen LogP) is 2.39. The Balaban J connectivity index is 1.71. The predicted molar refractivity (Wildman–Crippen MR) is 97.7 cm³/mol. The smallest absolute Gasteiger partial charge is 0.254 e. The van der Waals surface area contributed by atoms with Gasteiger partial charge in [-0.25, -0.2) is 4.98 Å². The minimum absolute atomic E-state index is 0.0361. The lowest BCUT2D eigenvalue weighted by molar-refractivity contribution is -0.117. The summed E-state index contributed by atoms with van der Waals surface area (Å²) in [7, 11) is 3.40. The first-order valence-corrected chi connectivity index (χ1v) is 8.29. The number of anilines is 2. The molecule has 1 aliphatic rings. The quantitative estimate of drug-likeness (QED) is 0.930. The maximum Gasteiger partial charge on any atom is 0.254 e. The number of rotatable bonds is 4. The van der Waals surface area contributed by atoms with Gasteiger partial charge in [0.25, 0.3) is 5.91 Å². The van der Waals surface area contributed by atoms with Gasteiger partial charge < -0.3 is 15.1 Å². The molecule has 0 aliphatic carbocycles. The number of carbonyl (C=O) groups is 2. The van der Waals surface area contributed by atoms with E-state index in [1.165, 1.54) is 11.1 Å². The Labute approximate surface area is 147 Å². The molecule has 2 aromatic rings. The van der Waals surface area contributed by atoms with Gasteiger partial charge in [0.15, 0.2) is 0 Å². The monoisotopic (exact) mass is 338 g/mol. The molecule has 1 saturated heterocycles. The fourth-order valence-electron chi connectivity index (χ4n) is 3.07. The van der Waals surface area contributed by atoms with Crippen LogP contribution in [-0.2, 0) is 4.79 Å². The van der Waals surface area contributed by atoms with E-state index in [2.05, 4.69) is 10.3 Å². The molecule has 0 unspecified atom stereocenters. The third-order valence-electron chi connectivity index (χ3n) is 4.33. The minimum atomic E-state index is -0.321. The van der Waals surface area contributed by atoms with Crippen LogP contribution in [0.5, 0.6) is 0 Å². The van der Waals surface area contributed by atoms with Crippen molar-refractivity contribution in [2.24, 2.45) is 0 Å². The van der Waals surface area contributed by atoms with Crippen molar-refractivity contribution < 1.29 is 9.59 Å². The fourth-order valence-corrected chi connectivity index (χ4v) is 3.07. The van der Waals surface area contributed by atoms with Crippen LogP contribution in [0.2, 0.25) is 0 Å². The Bertz CT molecular complexity index is 759. The molecule has 3 rings (SSSR count). The lowest BCUT2D eigenvalue weighted by atomic mass is 10.2. The number of amides is 2. The zero-order valence-electron chi connectivity index (χ0n) is 14.6. The van der Waals surface area contributed by atoms with Crippen LogP contribution in [0.25, 0.3) is 0 Å². The van der Waals surface area contributed by atoms with E-state index in [4.69, 9.17) is 0 Å². The second kappa shape index (κ2) is 6.93. The highest BCUT2D eigenvalue weighted by Crippen LogP contribution is 2.28. The van der Waals surface area contributed by atoms with Crippen molar-refractivity contribution in [3.63, 3.8) is 0 Å². The van der Waals surface area contributed by atoms with Crippen molar-refractivity contribution in [3.05, 3.63) is 54.2 Å². The molecule has 1 fully saturated rings. The molecule has 0 radical (unpaired) electrons. The Morgan fingerprint density at radius 2 is 1.92 bits per heavy atom. The molecule has 1 N–H and O–H groups in total. The molecule has 0 spiro atoms. The zero-order chi connectivity index (χ0) is 18.0. The van der Waals surface area contributed by atoms with Crippen molar-refractivity contribution in [2.45, 2.75) is 25.4 Å². The third kappa shape index (κ3) is 3.47. The number of aromatic nitrogens is 1. The van der Waals surface area contributed by atoms with Crippen molar-refractivity contribution in [3.8, 4) is 0 Å². The van der Waals surface area contributed by atoms with Crippen LogP contribution in [0.4, 0.5) is 11.5 Å². The molecule has 6 heteroatoms. The summed E-state index contributed by atoms with van der Waals surface area (Å²) in [6, 6.07) is 12.9. The number of nitrogens with zero attached hydrogens (tertiary/aromatic N) is 3. The van der Waals surface area contributed by atoms with Gasteiger partial charge in [0.2, 0.25) is 5.91 Å². The van der Waals surface area contributed by atoms with E-state index in [0.717, 1.165) is 5.69 Å². The summed E-state index contributed by atoms with van der Waals surface area (Å²) in [5, 5.41) is 3.19. The fraction of sp³-hybridized carbons (Fsp3) is 0.316. The average Bonchev–Trinajstić information content (AvgIpc) is 2.89. The Morgan fingerprint density at radius 1 is 1.20 bits per heavy atom. The molecule has 6 nitrogen and oxygen atoms in total. The highest BCUT2D eigenvalue weighted by Gasteiger charge is 2.38. The van der Waals surface area contributed by atoms with Crippen LogP contribution in [0, 0.1) is 0 Å². The van der Waals surface area contributed by atoms with Gasteiger partial charge in [-0.15, -0.1) is 0 Å². The van der Waals surface area contributed by atoms with E-state index in [1.807, 2.05) is 42.2 Å². The van der Waals surface area contributed by atoms with Gasteiger partial charge in [-0.1, -0.05) is 18.2 Å². The van der Waals surface area contributed by atoms with Gasteiger partial charge in [-0.2, -0.15) is 0 Å². The number of hydrogen-bond acceptors (Lipinski definition) is 4. The van der Waals surface area contributed by atoms with E-state index < -0.39 is 0 Å². The molecule has 1 aromatic heterocycles. The molecule has 0 bridgehead atoms. The Morgan fingerprint density at radius 3 is 2.52 bits per heavy atom. The largest absolute Gasteiger partial charge is 0.358 e. The molecule has 2 amide bonds. The first-order chi connectivity index (χ1) is 12.0. The first kappa shape index (κ1) is 17.0. The molecule has 1 aromatic carbocycles. The summed E-state index contributed by atoms with van der Waals surface area (Å²) in [4.78, 5) is 32.3. The van der Waals surface area contributed by atoms with E-state index in [9.17, 15) is 9.59 Å². The van der Waals surface area contributed by atoms with Crippen LogP contribution in [0.1, 0.15) is 23.7 Å². The van der Waals surface area contributed by atoms with E-state index >= 15 is 0 Å². The standard InChI is InChI=1S/C19H22N4O2/c1-13-11-16(19(25)23(13)15-7-5-4-6-8-15)21-17-10-9-14(12-20-17)18(24)22(2)3/h4-10,12-13,16H,11H2,1-3H3,(H,20,21)/t13-,16+/m1/s1. The van der Waals surface area contributed by atoms with Crippen molar-refractivity contribution >= 4 is 23.3 Å². The topological polar surface area (TPSA) is 65.5 Å². The summed E-state index contributed by atoms with van der Waals surface area (Å²) in [5.41, 5.74) is 1.43. The van der Waals surface area contributed by atoms with Gasteiger partial charge >= 0.3 is 0 Å². The Hall–Kier alpha value is -2.89. The van der Waals surface area contributed by atoms with Crippen LogP contribution < -0.4 is 10.2 Å². The number of carbonyl (C=O) groups excluding carboxylic acids is 2. The molecule has 2 atom stereocenters. The SMILES string of the molecule is C[C@@H]1C[C@H](Nc2ccc(C(=O)N(C)C)cn2)C(=O)N1c1ccccc1. The second-order valence-corrected chi connectivity index (χ2v) is 6.46. The molecular formula is C19H22N4O2. The molecule has 130 valence electrons. The van der Waals surface area contributed by atoms with Gasteiger partial charge in [-0.05, 0) is 37.6 Å². The average molecular weight is 338 g/mol. The summed E-state index contributed by atoms with van der Waals surface area (Å²) in [5.74, 6) is 0.532. The van der Waals surface area contributed by atoms with Crippen LogP contribution in [0.3, 0.4) is 0 Å². The lowest BCUT2D eigenvalue weighted by Gasteiger charge is -2.21. The van der Waals surface area contributed by atoms with Crippen molar-refractivity contribution in [1.29, 1.82) is 0 Å². The van der Waals surface area contributed by atoms with Gasteiger partial charge in [0, 0.05) is 32.0 Å². The molecule has 1 aliphatic heterocycles. The van der Waals surface area contributed by atoms with Crippen molar-refractivity contribution in [2.75, 3.05) is 24.3 Å². The lowest BCUT2D eigenvalue weighted by Crippen LogP contribution is -2.35. The summed E-state index contributed by atoms with van der Waals surface area (Å²) in [6.07, 6.45) is 2.23. The first-order valence-electron chi connectivity index (χ1n) is 8.29. The molecule has 25 heavy (non-hydrogen) atoms. The second-order valence-electron chi connectivity index (χ2n) is 6.46. The van der Waals surface area contributed by atoms with Gasteiger partial charge in [0.1, 0.15) is 11.9 Å². The van der Waals surface area contributed by atoms with Crippen LogP contribution in [0.15, 0.2) is 48.7 Å². The van der Waals surface area contributed by atoms with Gasteiger partial charge in [-0.3, -0.25) is 9.59 Å².